The molecule has 1 N–H and O–H groups in total. The Bertz CT molecular complexity index is 707. The third-order valence-electron chi connectivity index (χ3n) is 2.80. The Kier molecular flexibility index (Phi) is 6.08. The molecule has 0 aliphatic heterocycles. The highest BCUT2D eigenvalue weighted by atomic mass is 32.1. The largest absolute Gasteiger partial charge is 0.459 e. The van der Waals surface area contributed by atoms with Crippen LogP contribution in [-0.4, -0.2) is 30.6 Å². The maximum Gasteiger partial charge on any atom is 0.348 e. The lowest BCUT2D eigenvalue weighted by Crippen LogP contribution is -2.20. The molecule has 0 saturated heterocycles. The Balaban J connectivity index is 1.83. The fourth-order valence-corrected chi connectivity index (χ4v) is 2.38. The van der Waals surface area contributed by atoms with Crippen molar-refractivity contribution in [3.8, 4) is 0 Å². The van der Waals surface area contributed by atoms with Gasteiger partial charge in [0.25, 0.3) is 5.91 Å². The topological polar surface area (TPSA) is 81.7 Å². The van der Waals surface area contributed by atoms with E-state index in [1.807, 2.05) is 0 Å². The van der Waals surface area contributed by atoms with Crippen molar-refractivity contribution in [1.29, 1.82) is 0 Å². The number of hydrogen-bond donors (Lipinski definition) is 1. The molecule has 0 fully saturated rings. The van der Waals surface area contributed by atoms with Crippen molar-refractivity contribution in [2.75, 3.05) is 11.9 Å². The molecule has 1 aromatic carbocycles. The molecule has 0 atom stereocenters. The first-order valence-electron chi connectivity index (χ1n) is 7.27. The van der Waals surface area contributed by atoms with Crippen LogP contribution < -0.4 is 5.32 Å². The number of hydrogen-bond acceptors (Lipinski definition) is 6. The molecule has 1 amide bonds. The van der Waals surface area contributed by atoms with Crippen LogP contribution in [0.2, 0.25) is 0 Å². The lowest BCUT2D eigenvalue weighted by atomic mass is 10.2. The molecule has 1 heterocycles. The third kappa shape index (κ3) is 5.20. The van der Waals surface area contributed by atoms with Crippen LogP contribution >= 0.6 is 11.3 Å². The molecule has 1 aromatic heterocycles. The summed E-state index contributed by atoms with van der Waals surface area (Å²) in [6, 6.07) is 9.62. The fourth-order valence-electron chi connectivity index (χ4n) is 1.77. The van der Waals surface area contributed by atoms with Gasteiger partial charge >= 0.3 is 11.9 Å². The van der Waals surface area contributed by atoms with Crippen LogP contribution in [-0.2, 0) is 14.3 Å². The average molecular weight is 347 g/mol. The summed E-state index contributed by atoms with van der Waals surface area (Å²) in [6.07, 6.45) is -0.199. The van der Waals surface area contributed by atoms with Crippen molar-refractivity contribution in [2.45, 2.75) is 20.0 Å². The minimum atomic E-state index is -0.535. The van der Waals surface area contributed by atoms with Crippen LogP contribution in [0.15, 0.2) is 41.8 Å². The molecule has 126 valence electrons. The van der Waals surface area contributed by atoms with E-state index in [0.717, 1.165) is 0 Å². The minimum absolute atomic E-state index is 0.199. The van der Waals surface area contributed by atoms with Crippen LogP contribution in [0.4, 0.5) is 5.69 Å². The molecular weight excluding hydrogens is 330 g/mol. The van der Waals surface area contributed by atoms with Gasteiger partial charge in [0.1, 0.15) is 4.88 Å². The number of nitrogens with one attached hydrogen (secondary N) is 1. The van der Waals surface area contributed by atoms with Gasteiger partial charge in [0.2, 0.25) is 0 Å². The highest BCUT2D eigenvalue weighted by Crippen LogP contribution is 2.12. The smallest absolute Gasteiger partial charge is 0.348 e. The molecular formula is C17H17NO5S. The Labute approximate surface area is 143 Å². The molecule has 6 nitrogen and oxygen atoms in total. The van der Waals surface area contributed by atoms with Crippen molar-refractivity contribution in [3.63, 3.8) is 0 Å². The van der Waals surface area contributed by atoms with Gasteiger partial charge in [-0.3, -0.25) is 4.79 Å². The zero-order valence-electron chi connectivity index (χ0n) is 13.3. The first-order chi connectivity index (χ1) is 11.5. The normalized spacial score (nSPS) is 10.3. The summed E-state index contributed by atoms with van der Waals surface area (Å²) < 4.78 is 9.99. The lowest BCUT2D eigenvalue weighted by Gasteiger charge is -2.09. The summed E-state index contributed by atoms with van der Waals surface area (Å²) in [7, 11) is 0. The number of carbonyl (C=O) groups is 3. The van der Waals surface area contributed by atoms with Gasteiger partial charge in [-0.05, 0) is 49.6 Å². The second-order valence-corrected chi connectivity index (χ2v) is 6.08. The Morgan fingerprint density at radius 3 is 2.38 bits per heavy atom. The molecule has 2 aromatic rings. The van der Waals surface area contributed by atoms with E-state index in [9.17, 15) is 14.4 Å². The maximum atomic E-state index is 11.8. The zero-order valence-corrected chi connectivity index (χ0v) is 14.1. The van der Waals surface area contributed by atoms with E-state index in [2.05, 4.69) is 5.32 Å². The molecule has 0 saturated carbocycles. The van der Waals surface area contributed by atoms with Gasteiger partial charge in [0.15, 0.2) is 6.61 Å². The van der Waals surface area contributed by atoms with Crippen LogP contribution in [0.5, 0.6) is 0 Å². The predicted octanol–water partition coefficient (Wildman–Crippen LogP) is 3.11. The molecule has 24 heavy (non-hydrogen) atoms. The molecule has 0 radical (unpaired) electrons. The summed E-state index contributed by atoms with van der Waals surface area (Å²) >= 11 is 1.24. The summed E-state index contributed by atoms with van der Waals surface area (Å²) in [5, 5.41) is 4.34. The molecule has 0 aliphatic carbocycles. The van der Waals surface area contributed by atoms with Gasteiger partial charge in [0, 0.05) is 5.69 Å². The average Bonchev–Trinajstić information content (AvgIpc) is 3.07. The number of thiophene rings is 1. The van der Waals surface area contributed by atoms with E-state index in [1.165, 1.54) is 11.3 Å². The number of ether oxygens (including phenoxy) is 2. The lowest BCUT2D eigenvalue weighted by molar-refractivity contribution is -0.119. The number of carbonyl (C=O) groups excluding carboxylic acids is 3. The highest BCUT2D eigenvalue weighted by molar-refractivity contribution is 7.11. The van der Waals surface area contributed by atoms with Crippen LogP contribution in [0, 0.1) is 0 Å². The van der Waals surface area contributed by atoms with E-state index in [1.54, 1.807) is 55.6 Å². The number of anilines is 1. The molecule has 7 heteroatoms. The van der Waals surface area contributed by atoms with Crippen molar-refractivity contribution in [3.05, 3.63) is 52.2 Å². The van der Waals surface area contributed by atoms with E-state index in [0.29, 0.717) is 16.1 Å². The Morgan fingerprint density at radius 1 is 1.08 bits per heavy atom. The monoisotopic (exact) mass is 347 g/mol. The second-order valence-electron chi connectivity index (χ2n) is 5.13. The van der Waals surface area contributed by atoms with E-state index in [-0.39, 0.29) is 12.7 Å². The first-order valence-corrected chi connectivity index (χ1v) is 8.15. The van der Waals surface area contributed by atoms with Gasteiger partial charge in [-0.25, -0.2) is 9.59 Å². The van der Waals surface area contributed by atoms with Gasteiger partial charge in [-0.15, -0.1) is 11.3 Å². The van der Waals surface area contributed by atoms with Gasteiger partial charge < -0.3 is 14.8 Å². The van der Waals surface area contributed by atoms with Crippen LogP contribution in [0.25, 0.3) is 0 Å². The summed E-state index contributed by atoms with van der Waals surface area (Å²) in [5.74, 6) is -1.42. The Hall–Kier alpha value is -2.67. The molecule has 0 aliphatic rings. The molecule has 0 unspecified atom stereocenters. The van der Waals surface area contributed by atoms with E-state index >= 15 is 0 Å². The van der Waals surface area contributed by atoms with Gasteiger partial charge in [-0.1, -0.05) is 6.07 Å². The third-order valence-corrected chi connectivity index (χ3v) is 3.65. The van der Waals surface area contributed by atoms with E-state index in [4.69, 9.17) is 9.47 Å². The highest BCUT2D eigenvalue weighted by Gasteiger charge is 2.12. The van der Waals surface area contributed by atoms with Crippen molar-refractivity contribution in [2.24, 2.45) is 0 Å². The van der Waals surface area contributed by atoms with Crippen molar-refractivity contribution in [1.82, 2.24) is 0 Å². The summed E-state index contributed by atoms with van der Waals surface area (Å²) in [6.45, 7) is 3.15. The summed E-state index contributed by atoms with van der Waals surface area (Å²) in [4.78, 5) is 35.6. The molecule has 0 bridgehead atoms. The SMILES string of the molecule is CC(C)OC(=O)c1ccc(NC(=O)COC(=O)c2cccs2)cc1. The number of esters is 2. The molecule has 0 spiro atoms. The standard InChI is InChI=1S/C17H17NO5S/c1-11(2)23-16(20)12-5-7-13(8-6-12)18-15(19)10-22-17(21)14-4-3-9-24-14/h3-9,11H,10H2,1-2H3,(H,18,19). The number of rotatable bonds is 6. The quantitative estimate of drug-likeness (QED) is 0.812. The van der Waals surface area contributed by atoms with Gasteiger partial charge in [0.05, 0.1) is 11.7 Å². The first kappa shape index (κ1) is 17.7. The van der Waals surface area contributed by atoms with Crippen LogP contribution in [0.1, 0.15) is 33.9 Å². The maximum absolute atomic E-state index is 11.8. The zero-order chi connectivity index (χ0) is 17.5. The van der Waals surface area contributed by atoms with Gasteiger partial charge in [-0.2, -0.15) is 0 Å². The predicted molar refractivity (Wildman–Crippen MR) is 90.2 cm³/mol. The number of amides is 1. The van der Waals surface area contributed by atoms with Crippen molar-refractivity contribution < 1.29 is 23.9 Å². The second kappa shape index (κ2) is 8.26. The minimum Gasteiger partial charge on any atom is -0.459 e. The molecule has 2 rings (SSSR count). The van der Waals surface area contributed by atoms with E-state index < -0.39 is 17.8 Å². The Morgan fingerprint density at radius 2 is 1.79 bits per heavy atom. The van der Waals surface area contributed by atoms with Crippen LogP contribution in [0.3, 0.4) is 0 Å². The number of benzene rings is 1. The summed E-state index contributed by atoms with van der Waals surface area (Å²) in [5.41, 5.74) is 0.888. The van der Waals surface area contributed by atoms with Crippen molar-refractivity contribution >= 4 is 34.9 Å². The fraction of sp³-hybridized carbons (Fsp3) is 0.235.